The van der Waals surface area contributed by atoms with E-state index in [0.717, 1.165) is 49.5 Å². The molecule has 4 nitrogen and oxygen atoms in total. The minimum atomic E-state index is 0.104. The molecule has 1 aliphatic rings. The molecule has 0 aromatic heterocycles. The molecule has 21 heavy (non-hydrogen) atoms. The summed E-state index contributed by atoms with van der Waals surface area (Å²) < 4.78 is 5.59. The molecular formula is C17H26N2O2. The van der Waals surface area contributed by atoms with Crippen molar-refractivity contribution in [2.24, 2.45) is 5.92 Å². The van der Waals surface area contributed by atoms with Gasteiger partial charge in [-0.2, -0.15) is 0 Å². The van der Waals surface area contributed by atoms with Gasteiger partial charge in [0.15, 0.2) is 0 Å². The van der Waals surface area contributed by atoms with Crippen LogP contribution in [0.25, 0.3) is 0 Å². The summed E-state index contributed by atoms with van der Waals surface area (Å²) in [7, 11) is 0. The molecule has 1 saturated heterocycles. The molecule has 0 bridgehead atoms. The van der Waals surface area contributed by atoms with Gasteiger partial charge in [0.2, 0.25) is 5.91 Å². The summed E-state index contributed by atoms with van der Waals surface area (Å²) in [6, 6.07) is 5.82. The predicted octanol–water partition coefficient (Wildman–Crippen LogP) is 3.11. The molecule has 1 unspecified atom stereocenters. The quantitative estimate of drug-likeness (QED) is 0.811. The normalized spacial score (nSPS) is 17.7. The second-order valence-corrected chi connectivity index (χ2v) is 5.77. The molecule has 1 amide bonds. The zero-order valence-corrected chi connectivity index (χ0v) is 13.1. The molecule has 0 spiro atoms. The first kappa shape index (κ1) is 15.8. The summed E-state index contributed by atoms with van der Waals surface area (Å²) in [6.07, 6.45) is 3.75. The van der Waals surface area contributed by atoms with Crippen LogP contribution < -0.4 is 15.4 Å². The first-order valence-electron chi connectivity index (χ1n) is 7.93. The first-order valence-corrected chi connectivity index (χ1v) is 7.93. The number of nitrogens with one attached hydrogen (secondary N) is 2. The average molecular weight is 290 g/mol. The zero-order chi connectivity index (χ0) is 15.1. The van der Waals surface area contributed by atoms with E-state index in [1.807, 2.05) is 25.1 Å². The van der Waals surface area contributed by atoms with Crippen LogP contribution in [0.15, 0.2) is 18.2 Å². The monoisotopic (exact) mass is 290 g/mol. The maximum absolute atomic E-state index is 12.0. The maximum Gasteiger partial charge on any atom is 0.224 e. The highest BCUT2D eigenvalue weighted by Gasteiger charge is 2.16. The van der Waals surface area contributed by atoms with E-state index < -0.39 is 0 Å². The summed E-state index contributed by atoms with van der Waals surface area (Å²) in [5.41, 5.74) is 1.92. The Hall–Kier alpha value is -1.55. The van der Waals surface area contributed by atoms with E-state index in [2.05, 4.69) is 17.6 Å². The summed E-state index contributed by atoms with van der Waals surface area (Å²) in [4.78, 5) is 12.0. The van der Waals surface area contributed by atoms with Crippen LogP contribution in [-0.2, 0) is 4.79 Å². The number of benzene rings is 1. The summed E-state index contributed by atoms with van der Waals surface area (Å²) in [6.45, 7) is 6.94. The molecule has 0 radical (unpaired) electrons. The Bertz CT molecular complexity index is 468. The Kier molecular flexibility index (Phi) is 6.05. The fraction of sp³-hybridized carbons (Fsp3) is 0.588. The van der Waals surface area contributed by atoms with Crippen LogP contribution >= 0.6 is 0 Å². The van der Waals surface area contributed by atoms with Crippen molar-refractivity contribution < 1.29 is 9.53 Å². The number of rotatable bonds is 7. The fourth-order valence-electron chi connectivity index (χ4n) is 2.59. The highest BCUT2D eigenvalue weighted by molar-refractivity contribution is 5.91. The number of hydrogen-bond donors (Lipinski definition) is 2. The topological polar surface area (TPSA) is 50.4 Å². The van der Waals surface area contributed by atoms with E-state index in [9.17, 15) is 4.79 Å². The first-order chi connectivity index (χ1) is 10.2. The number of amides is 1. The van der Waals surface area contributed by atoms with E-state index in [1.165, 1.54) is 6.42 Å². The lowest BCUT2D eigenvalue weighted by molar-refractivity contribution is -0.116. The SMILES string of the molecule is CCCOc1ccc(NC(=O)CCC2CCNC2)c(C)c1. The fourth-order valence-corrected chi connectivity index (χ4v) is 2.59. The van der Waals surface area contributed by atoms with Crippen molar-refractivity contribution in [1.82, 2.24) is 5.32 Å². The van der Waals surface area contributed by atoms with Crippen LogP contribution in [0.5, 0.6) is 5.75 Å². The van der Waals surface area contributed by atoms with Crippen LogP contribution in [0.4, 0.5) is 5.69 Å². The van der Waals surface area contributed by atoms with Gasteiger partial charge in [0, 0.05) is 12.1 Å². The second kappa shape index (κ2) is 8.03. The molecule has 1 aliphatic heterocycles. The van der Waals surface area contributed by atoms with Crippen LogP contribution in [0.2, 0.25) is 0 Å². The van der Waals surface area contributed by atoms with E-state index in [4.69, 9.17) is 4.74 Å². The van der Waals surface area contributed by atoms with E-state index in [0.29, 0.717) is 12.3 Å². The smallest absolute Gasteiger partial charge is 0.224 e. The highest BCUT2D eigenvalue weighted by atomic mass is 16.5. The number of aryl methyl sites for hydroxylation is 1. The Morgan fingerprint density at radius 2 is 2.33 bits per heavy atom. The lowest BCUT2D eigenvalue weighted by Gasteiger charge is -2.12. The Morgan fingerprint density at radius 3 is 3.00 bits per heavy atom. The van der Waals surface area contributed by atoms with Crippen molar-refractivity contribution in [3.05, 3.63) is 23.8 Å². The lowest BCUT2D eigenvalue weighted by atomic mass is 10.0. The number of ether oxygens (including phenoxy) is 1. The van der Waals surface area contributed by atoms with E-state index in [-0.39, 0.29) is 5.91 Å². The van der Waals surface area contributed by atoms with Crippen molar-refractivity contribution in [2.45, 2.75) is 39.5 Å². The largest absolute Gasteiger partial charge is 0.494 e. The third-order valence-corrected chi connectivity index (χ3v) is 3.89. The molecule has 4 heteroatoms. The molecule has 1 fully saturated rings. The van der Waals surface area contributed by atoms with Crippen LogP contribution in [-0.4, -0.2) is 25.6 Å². The van der Waals surface area contributed by atoms with Gasteiger partial charge in [-0.05, 0) is 69.0 Å². The maximum atomic E-state index is 12.0. The molecule has 1 heterocycles. The van der Waals surface area contributed by atoms with Crippen LogP contribution in [0, 0.1) is 12.8 Å². The molecule has 0 aliphatic carbocycles. The number of hydrogen-bond acceptors (Lipinski definition) is 3. The third-order valence-electron chi connectivity index (χ3n) is 3.89. The average Bonchev–Trinajstić information content (AvgIpc) is 2.99. The molecular weight excluding hydrogens is 264 g/mol. The molecule has 2 N–H and O–H groups in total. The van der Waals surface area contributed by atoms with Crippen molar-refractivity contribution in [2.75, 3.05) is 25.0 Å². The number of anilines is 1. The summed E-state index contributed by atoms with van der Waals surface area (Å²) in [5.74, 6) is 1.62. The zero-order valence-electron chi connectivity index (χ0n) is 13.1. The van der Waals surface area contributed by atoms with Gasteiger partial charge < -0.3 is 15.4 Å². The minimum absolute atomic E-state index is 0.104. The minimum Gasteiger partial charge on any atom is -0.494 e. The van der Waals surface area contributed by atoms with Crippen molar-refractivity contribution >= 4 is 11.6 Å². The van der Waals surface area contributed by atoms with Gasteiger partial charge >= 0.3 is 0 Å². The van der Waals surface area contributed by atoms with Gasteiger partial charge in [0.05, 0.1) is 6.61 Å². The molecule has 1 aromatic carbocycles. The molecule has 2 rings (SSSR count). The van der Waals surface area contributed by atoms with Gasteiger partial charge in [-0.3, -0.25) is 4.79 Å². The number of carbonyl (C=O) groups is 1. The second-order valence-electron chi connectivity index (χ2n) is 5.77. The van der Waals surface area contributed by atoms with Gasteiger partial charge in [0.25, 0.3) is 0 Å². The summed E-state index contributed by atoms with van der Waals surface area (Å²) >= 11 is 0. The van der Waals surface area contributed by atoms with Crippen LogP contribution in [0.3, 0.4) is 0 Å². The molecule has 116 valence electrons. The Balaban J connectivity index is 1.82. The summed E-state index contributed by atoms with van der Waals surface area (Å²) in [5, 5.41) is 6.33. The van der Waals surface area contributed by atoms with Gasteiger partial charge in [0.1, 0.15) is 5.75 Å². The molecule has 0 saturated carbocycles. The lowest BCUT2D eigenvalue weighted by Crippen LogP contribution is -2.15. The van der Waals surface area contributed by atoms with Crippen LogP contribution in [0.1, 0.15) is 38.2 Å². The van der Waals surface area contributed by atoms with Gasteiger partial charge in [-0.15, -0.1) is 0 Å². The highest BCUT2D eigenvalue weighted by Crippen LogP contribution is 2.22. The third kappa shape index (κ3) is 5.05. The number of carbonyl (C=O) groups excluding carboxylic acids is 1. The standard InChI is InChI=1S/C17H26N2O2/c1-3-10-21-15-5-6-16(13(2)11-15)19-17(20)7-4-14-8-9-18-12-14/h5-6,11,14,18H,3-4,7-10,12H2,1-2H3,(H,19,20). The van der Waals surface area contributed by atoms with Crippen molar-refractivity contribution in [3.8, 4) is 5.75 Å². The predicted molar refractivity (Wildman–Crippen MR) is 85.8 cm³/mol. The van der Waals surface area contributed by atoms with E-state index >= 15 is 0 Å². The van der Waals surface area contributed by atoms with Gasteiger partial charge in [-0.1, -0.05) is 6.92 Å². The Labute approximate surface area is 127 Å². The Morgan fingerprint density at radius 1 is 1.48 bits per heavy atom. The van der Waals surface area contributed by atoms with Crippen molar-refractivity contribution in [3.63, 3.8) is 0 Å². The van der Waals surface area contributed by atoms with Crippen molar-refractivity contribution in [1.29, 1.82) is 0 Å². The molecule has 1 aromatic rings. The van der Waals surface area contributed by atoms with E-state index in [1.54, 1.807) is 0 Å². The molecule has 1 atom stereocenters. The van der Waals surface area contributed by atoms with Gasteiger partial charge in [-0.25, -0.2) is 0 Å².